The van der Waals surface area contributed by atoms with Gasteiger partial charge in [-0.2, -0.15) is 4.31 Å². The maximum Gasteiger partial charge on any atom is 0.308 e. The number of hydrogen-bond acceptors (Lipinski definition) is 7. The minimum atomic E-state index is -3.49. The van der Waals surface area contributed by atoms with Crippen molar-refractivity contribution in [3.05, 3.63) is 35.4 Å². The second-order valence-corrected chi connectivity index (χ2v) is 11.5. The van der Waals surface area contributed by atoms with Gasteiger partial charge in [-0.25, -0.2) is 8.42 Å². The second-order valence-electron chi connectivity index (χ2n) is 9.07. The van der Waals surface area contributed by atoms with Crippen molar-refractivity contribution in [1.82, 2.24) is 4.31 Å². The topological polar surface area (TPSA) is 99.2 Å². The molecule has 1 fully saturated rings. The highest BCUT2D eigenvalue weighted by Gasteiger charge is 2.66. The number of ether oxygens (including phenoxy) is 3. The van der Waals surface area contributed by atoms with Gasteiger partial charge in [0, 0.05) is 49.2 Å². The lowest BCUT2D eigenvalue weighted by molar-refractivity contribution is -0.151. The molecule has 1 aromatic carbocycles. The Morgan fingerprint density at radius 1 is 1.24 bits per heavy atom. The molecular weight excluding hydrogens is 470 g/mol. The number of carbonyl (C=O) groups excluding carboxylic acids is 2. The molecule has 1 aromatic rings. The van der Waals surface area contributed by atoms with Crippen molar-refractivity contribution in [2.75, 3.05) is 18.2 Å². The van der Waals surface area contributed by atoms with Gasteiger partial charge in [-0.15, -0.1) is 11.6 Å². The summed E-state index contributed by atoms with van der Waals surface area (Å²) in [6, 6.07) is 3.31. The van der Waals surface area contributed by atoms with E-state index >= 15 is 0 Å². The zero-order chi connectivity index (χ0) is 23.5. The van der Waals surface area contributed by atoms with Gasteiger partial charge >= 0.3 is 11.9 Å². The average molecular weight is 496 g/mol. The predicted molar refractivity (Wildman–Crippen MR) is 120 cm³/mol. The molecule has 0 radical (unpaired) electrons. The van der Waals surface area contributed by atoms with Gasteiger partial charge in [0.25, 0.3) is 0 Å². The molecule has 1 spiro atoms. The van der Waals surface area contributed by atoms with Crippen LogP contribution in [0.3, 0.4) is 0 Å². The molecule has 10 heteroatoms. The van der Waals surface area contributed by atoms with Crippen LogP contribution in [0.5, 0.6) is 11.5 Å². The van der Waals surface area contributed by atoms with E-state index in [1.807, 2.05) is 12.1 Å². The van der Waals surface area contributed by atoms with Crippen molar-refractivity contribution in [3.8, 4) is 11.5 Å². The van der Waals surface area contributed by atoms with Crippen molar-refractivity contribution < 1.29 is 32.2 Å². The van der Waals surface area contributed by atoms with Crippen LogP contribution in [0.4, 0.5) is 0 Å². The zero-order valence-corrected chi connectivity index (χ0v) is 20.0. The lowest BCUT2D eigenvalue weighted by Gasteiger charge is -2.56. The van der Waals surface area contributed by atoms with Crippen LogP contribution < -0.4 is 9.47 Å². The first-order valence-corrected chi connectivity index (χ1v) is 13.3. The summed E-state index contributed by atoms with van der Waals surface area (Å²) in [5, 5.41) is 0. The Balaban J connectivity index is 1.65. The minimum absolute atomic E-state index is 0.00985. The van der Waals surface area contributed by atoms with Crippen LogP contribution in [0.25, 0.3) is 0 Å². The van der Waals surface area contributed by atoms with E-state index in [1.165, 1.54) is 13.8 Å². The smallest absolute Gasteiger partial charge is 0.308 e. The van der Waals surface area contributed by atoms with Gasteiger partial charge in [0.1, 0.15) is 6.10 Å². The van der Waals surface area contributed by atoms with Gasteiger partial charge in [0.2, 0.25) is 10.0 Å². The zero-order valence-electron chi connectivity index (χ0n) is 18.5. The molecule has 8 nitrogen and oxygen atoms in total. The van der Waals surface area contributed by atoms with Gasteiger partial charge in [-0.1, -0.05) is 12.1 Å². The van der Waals surface area contributed by atoms with E-state index in [-0.39, 0.29) is 23.6 Å². The van der Waals surface area contributed by atoms with Crippen molar-refractivity contribution >= 4 is 33.6 Å². The molecule has 0 saturated carbocycles. The highest BCUT2D eigenvalue weighted by molar-refractivity contribution is 7.89. The Morgan fingerprint density at radius 3 is 2.73 bits per heavy atom. The third-order valence-corrected chi connectivity index (χ3v) is 9.48. The van der Waals surface area contributed by atoms with Gasteiger partial charge < -0.3 is 14.2 Å². The summed E-state index contributed by atoms with van der Waals surface area (Å²) in [5.41, 5.74) is 1.35. The Labute approximate surface area is 197 Å². The number of alkyl halides is 1. The van der Waals surface area contributed by atoms with Gasteiger partial charge in [0.05, 0.1) is 5.75 Å². The first-order chi connectivity index (χ1) is 15.7. The number of carbonyl (C=O) groups is 2. The molecule has 5 atom stereocenters. The largest absolute Gasteiger partial charge is 0.481 e. The molecule has 2 heterocycles. The lowest BCUT2D eigenvalue weighted by Crippen LogP contribution is -2.66. The normalized spacial score (nSPS) is 31.5. The molecule has 178 valence electrons. The summed E-state index contributed by atoms with van der Waals surface area (Å²) in [6.07, 6.45) is 4.06. The standard InChI is InChI=1S/C23H26ClNO7S/c1-13(26)30-18-6-4-15-12-17-16-5-7-19(31-14(2)27)22-23(16,20(15)21(18)32-22)8-10-25(17)33(28,29)11-3-9-24/h4-7,16-17,19,22H,3,8-12H2,1-2H3/t16?,17-,19+,22+,23+/m1/s1. The summed E-state index contributed by atoms with van der Waals surface area (Å²) in [4.78, 5) is 23.5. The Hall–Kier alpha value is -2.10. The third kappa shape index (κ3) is 3.39. The quantitative estimate of drug-likeness (QED) is 0.258. The number of hydrogen-bond donors (Lipinski definition) is 0. The fourth-order valence-electron chi connectivity index (χ4n) is 6.22. The first kappa shape index (κ1) is 22.7. The van der Waals surface area contributed by atoms with Crippen LogP contribution in [0, 0.1) is 5.92 Å². The maximum absolute atomic E-state index is 13.2. The van der Waals surface area contributed by atoms with E-state index in [9.17, 15) is 18.0 Å². The van der Waals surface area contributed by atoms with Crippen LogP contribution in [0.1, 0.15) is 37.8 Å². The lowest BCUT2D eigenvalue weighted by atomic mass is 9.53. The highest BCUT2D eigenvalue weighted by atomic mass is 35.5. The van der Waals surface area contributed by atoms with Crippen molar-refractivity contribution in [1.29, 1.82) is 0 Å². The molecule has 0 aromatic heterocycles. The fraction of sp³-hybridized carbons (Fsp3) is 0.565. The molecule has 5 rings (SSSR count). The van der Waals surface area contributed by atoms with E-state index in [0.29, 0.717) is 37.3 Å². The maximum atomic E-state index is 13.2. The van der Waals surface area contributed by atoms with Crippen LogP contribution in [-0.2, 0) is 36.2 Å². The van der Waals surface area contributed by atoms with Gasteiger partial charge in [-0.3, -0.25) is 9.59 Å². The van der Waals surface area contributed by atoms with Crippen LogP contribution in [0.2, 0.25) is 0 Å². The number of piperidine rings is 1. The fourth-order valence-corrected chi connectivity index (χ4v) is 8.25. The van der Waals surface area contributed by atoms with Crippen LogP contribution in [-0.4, -0.2) is 61.1 Å². The molecule has 2 aliphatic carbocycles. The molecule has 1 saturated heterocycles. The SMILES string of the molecule is CC(=O)Oc1ccc2c3c1O[C@H]1[C@@H](OC(C)=O)C=CC4[C@@H](C2)N(S(=O)(=O)CCCCl)CC[C@@]341. The highest BCUT2D eigenvalue weighted by Crippen LogP contribution is 2.63. The van der Waals surface area contributed by atoms with Gasteiger partial charge in [-0.05, 0) is 37.0 Å². The Kier molecular flexibility index (Phi) is 5.49. The Bertz CT molecular complexity index is 1150. The first-order valence-electron chi connectivity index (χ1n) is 11.1. The number of nitrogens with zero attached hydrogens (tertiary/aromatic N) is 1. The van der Waals surface area contributed by atoms with E-state index in [4.69, 9.17) is 25.8 Å². The summed E-state index contributed by atoms with van der Waals surface area (Å²) in [7, 11) is -3.49. The minimum Gasteiger partial charge on any atom is -0.481 e. The molecule has 2 aliphatic heterocycles. The number of esters is 2. The molecule has 1 unspecified atom stereocenters. The summed E-state index contributed by atoms with van der Waals surface area (Å²) in [6.45, 7) is 3.02. The average Bonchev–Trinajstić information content (AvgIpc) is 3.08. The number of benzene rings is 1. The predicted octanol–water partition coefficient (Wildman–Crippen LogP) is 2.32. The van der Waals surface area contributed by atoms with Crippen LogP contribution in [0.15, 0.2) is 24.3 Å². The molecule has 2 bridgehead atoms. The number of halogens is 1. The molecule has 33 heavy (non-hydrogen) atoms. The molecule has 0 amide bonds. The molecule has 0 N–H and O–H groups in total. The van der Waals surface area contributed by atoms with Crippen molar-refractivity contribution in [2.24, 2.45) is 5.92 Å². The van der Waals surface area contributed by atoms with Gasteiger partial charge in [0.15, 0.2) is 17.6 Å². The molecular formula is C23H26ClNO7S. The van der Waals surface area contributed by atoms with Crippen LogP contribution >= 0.6 is 11.6 Å². The van der Waals surface area contributed by atoms with Crippen molar-refractivity contribution in [3.63, 3.8) is 0 Å². The van der Waals surface area contributed by atoms with E-state index in [0.717, 1.165) is 11.1 Å². The number of rotatable bonds is 6. The number of sulfonamides is 1. The third-order valence-electron chi connectivity index (χ3n) is 7.24. The summed E-state index contributed by atoms with van der Waals surface area (Å²) >= 11 is 5.77. The second kappa shape index (κ2) is 7.99. The van der Waals surface area contributed by atoms with Crippen molar-refractivity contribution in [2.45, 2.75) is 56.8 Å². The summed E-state index contributed by atoms with van der Waals surface area (Å²) < 4.78 is 45.5. The molecule has 4 aliphatic rings. The monoisotopic (exact) mass is 495 g/mol. The van der Waals surface area contributed by atoms with E-state index in [2.05, 4.69) is 0 Å². The van der Waals surface area contributed by atoms with E-state index in [1.54, 1.807) is 16.4 Å². The summed E-state index contributed by atoms with van der Waals surface area (Å²) in [5.74, 6) is 0.0910. The Morgan fingerprint density at radius 2 is 2.03 bits per heavy atom. The van der Waals surface area contributed by atoms with E-state index < -0.39 is 39.6 Å².